The van der Waals surface area contributed by atoms with Crippen molar-refractivity contribution >= 4 is 11.7 Å². The molecule has 4 bridgehead atoms. The van der Waals surface area contributed by atoms with Gasteiger partial charge >= 0.3 is 5.82 Å². The van der Waals surface area contributed by atoms with E-state index in [2.05, 4.69) is 10.4 Å². The van der Waals surface area contributed by atoms with Gasteiger partial charge < -0.3 is 15.4 Å². The number of nitrogens with one attached hydrogen (secondary N) is 1. The summed E-state index contributed by atoms with van der Waals surface area (Å²) in [6.45, 7) is 4.03. The van der Waals surface area contributed by atoms with E-state index in [0.717, 1.165) is 11.8 Å². The van der Waals surface area contributed by atoms with Crippen molar-refractivity contribution in [1.29, 1.82) is 0 Å². The molecular formula is C18H26N4O3. The highest BCUT2D eigenvalue weighted by atomic mass is 16.6. The van der Waals surface area contributed by atoms with Crippen molar-refractivity contribution < 1.29 is 9.72 Å². The number of amides is 1. The monoisotopic (exact) mass is 346 g/mol. The molecule has 7 nitrogen and oxygen atoms in total. The molecule has 4 aliphatic carbocycles. The van der Waals surface area contributed by atoms with E-state index in [0.29, 0.717) is 30.1 Å². The summed E-state index contributed by atoms with van der Waals surface area (Å²) in [4.78, 5) is 23.0. The highest BCUT2D eigenvalue weighted by Gasteiger charge is 2.48. The van der Waals surface area contributed by atoms with Gasteiger partial charge in [-0.25, -0.2) is 0 Å². The molecule has 1 aromatic rings. The third-order valence-electron chi connectivity index (χ3n) is 6.59. The molecule has 1 heterocycles. The lowest BCUT2D eigenvalue weighted by atomic mass is 9.54. The third kappa shape index (κ3) is 3.04. The van der Waals surface area contributed by atoms with Crippen LogP contribution in [0.4, 0.5) is 5.82 Å². The maximum Gasteiger partial charge on any atom is 0.390 e. The number of nitro groups is 1. The van der Waals surface area contributed by atoms with Crippen molar-refractivity contribution in [2.45, 2.75) is 58.5 Å². The van der Waals surface area contributed by atoms with E-state index >= 15 is 0 Å². The van der Waals surface area contributed by atoms with Gasteiger partial charge in [0.2, 0.25) is 5.91 Å². The minimum Gasteiger partial charge on any atom is -0.358 e. The van der Waals surface area contributed by atoms with Crippen LogP contribution < -0.4 is 5.32 Å². The molecule has 0 spiro atoms. The van der Waals surface area contributed by atoms with E-state index in [1.54, 1.807) is 11.6 Å². The molecule has 0 saturated heterocycles. The van der Waals surface area contributed by atoms with Crippen molar-refractivity contribution in [3.8, 4) is 0 Å². The Bertz CT molecular complexity index is 670. The first-order valence-corrected chi connectivity index (χ1v) is 9.40. The Morgan fingerprint density at radius 1 is 1.32 bits per heavy atom. The summed E-state index contributed by atoms with van der Waals surface area (Å²) in [5, 5.41) is 18.1. The lowest BCUT2D eigenvalue weighted by molar-refractivity contribution is -0.389. The van der Waals surface area contributed by atoms with Crippen LogP contribution in [0.25, 0.3) is 0 Å². The van der Waals surface area contributed by atoms with Crippen LogP contribution in [0, 0.1) is 46.6 Å². The van der Waals surface area contributed by atoms with Crippen molar-refractivity contribution in [3.63, 3.8) is 0 Å². The molecule has 0 aliphatic heterocycles. The van der Waals surface area contributed by atoms with Crippen molar-refractivity contribution in [2.75, 3.05) is 0 Å². The lowest BCUT2D eigenvalue weighted by Gasteiger charge is -2.54. The first-order chi connectivity index (χ1) is 11.9. The van der Waals surface area contributed by atoms with Crippen molar-refractivity contribution in [2.24, 2.45) is 29.6 Å². The average molecular weight is 346 g/mol. The first-order valence-electron chi connectivity index (χ1n) is 9.40. The fraction of sp³-hybridized carbons (Fsp3) is 0.778. The molecule has 1 amide bonds. The Morgan fingerprint density at radius 3 is 2.44 bits per heavy atom. The molecular weight excluding hydrogens is 320 g/mol. The van der Waals surface area contributed by atoms with Crippen LogP contribution in [0.1, 0.15) is 44.7 Å². The molecule has 25 heavy (non-hydrogen) atoms. The zero-order valence-electron chi connectivity index (χ0n) is 14.9. The summed E-state index contributed by atoms with van der Waals surface area (Å²) in [6, 6.07) is 1.78. The number of hydrogen-bond donors (Lipinski definition) is 1. The predicted octanol–water partition coefficient (Wildman–Crippen LogP) is 2.68. The molecule has 1 atom stereocenters. The van der Waals surface area contributed by atoms with Crippen molar-refractivity contribution in [3.05, 3.63) is 21.9 Å². The second kappa shape index (κ2) is 6.11. The highest BCUT2D eigenvalue weighted by molar-refractivity contribution is 5.78. The molecule has 4 saturated carbocycles. The third-order valence-corrected chi connectivity index (χ3v) is 6.59. The molecule has 0 radical (unpaired) electrons. The van der Waals surface area contributed by atoms with Crippen LogP contribution in [-0.2, 0) is 11.3 Å². The number of nitrogens with zero attached hydrogens (tertiary/aromatic N) is 3. The van der Waals surface area contributed by atoms with E-state index in [1.807, 2.05) is 6.92 Å². The fourth-order valence-corrected chi connectivity index (χ4v) is 5.58. The SMILES string of the molecule is Cc1cc([N+](=O)[O-])nn1C[C@H](C)C(=O)NC1C2CC3CC(C2)CC1C3. The molecule has 136 valence electrons. The van der Waals surface area contributed by atoms with Crippen molar-refractivity contribution in [1.82, 2.24) is 15.1 Å². The van der Waals surface area contributed by atoms with E-state index in [-0.39, 0.29) is 17.6 Å². The number of hydrogen-bond acceptors (Lipinski definition) is 4. The van der Waals surface area contributed by atoms with Gasteiger partial charge in [0.25, 0.3) is 0 Å². The Labute approximate surface area is 147 Å². The standard InChI is InChI=1S/C18H26N4O3/c1-10(9-21-11(2)3-16(20-21)22(24)25)18(23)19-17-14-5-12-4-13(7-14)8-15(17)6-12/h3,10,12-15,17H,4-9H2,1-2H3,(H,19,23)/t10-,12?,13?,14?,15?,17?/m0/s1. The smallest absolute Gasteiger partial charge is 0.358 e. The molecule has 0 aromatic carbocycles. The summed E-state index contributed by atoms with van der Waals surface area (Å²) < 4.78 is 1.57. The van der Waals surface area contributed by atoms with Gasteiger partial charge in [0.1, 0.15) is 0 Å². The van der Waals surface area contributed by atoms with Gasteiger partial charge in [0.05, 0.1) is 29.3 Å². The molecule has 7 heteroatoms. The maximum atomic E-state index is 12.7. The molecule has 4 aliphatic rings. The van der Waals surface area contributed by atoms with Gasteiger partial charge in [-0.2, -0.15) is 4.68 Å². The molecule has 1 aromatic heterocycles. The summed E-state index contributed by atoms with van der Waals surface area (Å²) in [6.07, 6.45) is 6.50. The van der Waals surface area contributed by atoms with Crippen LogP contribution in [0.15, 0.2) is 6.07 Å². The predicted molar refractivity (Wildman–Crippen MR) is 91.8 cm³/mol. The molecule has 0 unspecified atom stereocenters. The Morgan fingerprint density at radius 2 is 1.92 bits per heavy atom. The number of aromatic nitrogens is 2. The Kier molecular flexibility index (Phi) is 4.04. The second-order valence-corrected chi connectivity index (χ2v) is 8.45. The highest BCUT2D eigenvalue weighted by Crippen LogP contribution is 2.53. The normalized spacial score (nSPS) is 34.1. The quantitative estimate of drug-likeness (QED) is 0.655. The van der Waals surface area contributed by atoms with E-state index in [1.165, 1.54) is 38.2 Å². The van der Waals surface area contributed by atoms with Gasteiger partial charge in [-0.1, -0.05) is 6.92 Å². The van der Waals surface area contributed by atoms with E-state index in [4.69, 9.17) is 0 Å². The minimum atomic E-state index is -0.497. The Hall–Kier alpha value is -1.92. The van der Waals surface area contributed by atoms with Crippen LogP contribution in [0.5, 0.6) is 0 Å². The van der Waals surface area contributed by atoms with Gasteiger partial charge in [0.15, 0.2) is 0 Å². The van der Waals surface area contributed by atoms with Crippen LogP contribution in [-0.4, -0.2) is 26.7 Å². The minimum absolute atomic E-state index is 0.0510. The van der Waals surface area contributed by atoms with Gasteiger partial charge in [-0.3, -0.25) is 4.79 Å². The zero-order valence-corrected chi connectivity index (χ0v) is 14.9. The molecule has 1 N–H and O–H groups in total. The summed E-state index contributed by atoms with van der Waals surface area (Å²) in [5.74, 6) is 2.72. The fourth-order valence-electron chi connectivity index (χ4n) is 5.58. The summed E-state index contributed by atoms with van der Waals surface area (Å²) in [5.41, 5.74) is 0.709. The van der Waals surface area contributed by atoms with Gasteiger partial charge in [0, 0.05) is 6.04 Å². The first kappa shape index (κ1) is 16.5. The van der Waals surface area contributed by atoms with Crippen LogP contribution in [0.2, 0.25) is 0 Å². The number of rotatable bonds is 5. The van der Waals surface area contributed by atoms with Gasteiger partial charge in [-0.15, -0.1) is 0 Å². The van der Waals surface area contributed by atoms with E-state index in [9.17, 15) is 14.9 Å². The zero-order chi connectivity index (χ0) is 17.7. The topological polar surface area (TPSA) is 90.1 Å². The number of carbonyl (C=O) groups is 1. The van der Waals surface area contributed by atoms with Gasteiger partial charge in [-0.05, 0) is 67.6 Å². The van der Waals surface area contributed by atoms with Crippen LogP contribution >= 0.6 is 0 Å². The van der Waals surface area contributed by atoms with E-state index < -0.39 is 4.92 Å². The van der Waals surface area contributed by atoms with Crippen LogP contribution in [0.3, 0.4) is 0 Å². The summed E-state index contributed by atoms with van der Waals surface area (Å²) in [7, 11) is 0. The largest absolute Gasteiger partial charge is 0.390 e. The maximum absolute atomic E-state index is 12.7. The lowest BCUT2D eigenvalue weighted by Crippen LogP contribution is -2.56. The molecule has 5 rings (SSSR count). The molecule has 4 fully saturated rings. The number of carbonyl (C=O) groups excluding carboxylic acids is 1. The number of aryl methyl sites for hydroxylation is 1. The summed E-state index contributed by atoms with van der Waals surface area (Å²) >= 11 is 0. The second-order valence-electron chi connectivity index (χ2n) is 8.45. The average Bonchev–Trinajstić information content (AvgIpc) is 2.91. The Balaban J connectivity index is 1.39.